The second-order valence-electron chi connectivity index (χ2n) is 2.98. The van der Waals surface area contributed by atoms with Gasteiger partial charge in [0.25, 0.3) is 0 Å². The molecule has 0 saturated carbocycles. The van der Waals surface area contributed by atoms with Crippen LogP contribution in [0.25, 0.3) is 0 Å². The predicted molar refractivity (Wildman–Crippen MR) is 56.6 cm³/mol. The number of halogens is 1. The first kappa shape index (κ1) is 10.0. The molecular formula is C10H7BrN2O2. The number of aromatic nitrogens is 2. The molecule has 0 unspecified atom stereocenters. The quantitative estimate of drug-likeness (QED) is 0.784. The van der Waals surface area contributed by atoms with Crippen molar-refractivity contribution in [1.29, 1.82) is 0 Å². The van der Waals surface area contributed by atoms with E-state index in [4.69, 9.17) is 4.42 Å². The molecule has 0 fully saturated rings. The molecule has 15 heavy (non-hydrogen) atoms. The number of rotatable bonds is 2. The van der Waals surface area contributed by atoms with Crippen molar-refractivity contribution in [3.8, 4) is 0 Å². The zero-order valence-electron chi connectivity index (χ0n) is 7.90. The molecule has 2 aromatic heterocycles. The molecule has 0 aliphatic heterocycles. The molecule has 76 valence electrons. The van der Waals surface area contributed by atoms with Gasteiger partial charge in [0.1, 0.15) is 12.1 Å². The molecule has 0 N–H and O–H groups in total. The Labute approximate surface area is 94.5 Å². The number of furan rings is 1. The monoisotopic (exact) mass is 266 g/mol. The number of carbonyl (C=O) groups is 1. The predicted octanol–water partition coefficient (Wildman–Crippen LogP) is 2.37. The first-order valence-electron chi connectivity index (χ1n) is 4.24. The number of carbonyl (C=O) groups excluding carboxylic acids is 1. The number of hydrogen-bond acceptors (Lipinski definition) is 4. The molecule has 2 rings (SSSR count). The van der Waals surface area contributed by atoms with Crippen LogP contribution in [0, 0.1) is 6.92 Å². The van der Waals surface area contributed by atoms with Crippen LogP contribution >= 0.6 is 15.9 Å². The second-order valence-corrected chi connectivity index (χ2v) is 3.76. The van der Waals surface area contributed by atoms with Crippen molar-refractivity contribution in [3.63, 3.8) is 0 Å². The maximum Gasteiger partial charge on any atom is 0.199 e. The normalized spacial score (nSPS) is 10.3. The average molecular weight is 267 g/mol. The fourth-order valence-electron chi connectivity index (χ4n) is 1.24. The summed E-state index contributed by atoms with van der Waals surface area (Å²) in [6.45, 7) is 1.74. The Morgan fingerprint density at radius 1 is 1.40 bits per heavy atom. The summed E-state index contributed by atoms with van der Waals surface area (Å²) in [7, 11) is 0. The molecule has 0 amide bonds. The minimum absolute atomic E-state index is 0.137. The Morgan fingerprint density at radius 3 is 2.60 bits per heavy atom. The SMILES string of the molecule is Cc1oc(Br)cc1C(=O)c1cncnc1. The van der Waals surface area contributed by atoms with Crippen LogP contribution in [0.5, 0.6) is 0 Å². The van der Waals surface area contributed by atoms with Gasteiger partial charge in [-0.1, -0.05) is 0 Å². The highest BCUT2D eigenvalue weighted by Gasteiger charge is 2.16. The largest absolute Gasteiger partial charge is 0.454 e. The van der Waals surface area contributed by atoms with E-state index in [0.29, 0.717) is 21.6 Å². The van der Waals surface area contributed by atoms with E-state index < -0.39 is 0 Å². The number of nitrogens with zero attached hydrogens (tertiary/aromatic N) is 2. The van der Waals surface area contributed by atoms with Gasteiger partial charge in [-0.25, -0.2) is 9.97 Å². The van der Waals surface area contributed by atoms with E-state index in [0.717, 1.165) is 0 Å². The molecule has 0 atom stereocenters. The third kappa shape index (κ3) is 1.97. The lowest BCUT2D eigenvalue weighted by atomic mass is 10.1. The molecule has 0 radical (unpaired) electrons. The maximum absolute atomic E-state index is 11.9. The standard InChI is InChI=1S/C10H7BrN2O2/c1-6-8(2-9(11)15-6)10(14)7-3-12-5-13-4-7/h2-5H,1H3. The highest BCUT2D eigenvalue weighted by molar-refractivity contribution is 9.10. The molecule has 0 saturated heterocycles. The van der Waals surface area contributed by atoms with Crippen LogP contribution in [-0.2, 0) is 0 Å². The molecule has 0 aliphatic rings. The van der Waals surface area contributed by atoms with Gasteiger partial charge in [-0.15, -0.1) is 0 Å². The van der Waals surface area contributed by atoms with Crippen LogP contribution in [0.15, 0.2) is 33.9 Å². The lowest BCUT2D eigenvalue weighted by Crippen LogP contribution is -2.02. The van der Waals surface area contributed by atoms with Gasteiger partial charge in [-0.3, -0.25) is 4.79 Å². The molecule has 0 spiro atoms. The molecule has 2 aromatic rings. The molecule has 0 aliphatic carbocycles. The van der Waals surface area contributed by atoms with Crippen LogP contribution < -0.4 is 0 Å². The summed E-state index contributed by atoms with van der Waals surface area (Å²) in [6.07, 6.45) is 4.35. The average Bonchev–Trinajstić information content (AvgIpc) is 2.58. The smallest absolute Gasteiger partial charge is 0.199 e. The Morgan fingerprint density at radius 2 is 2.07 bits per heavy atom. The van der Waals surface area contributed by atoms with Gasteiger partial charge in [0.2, 0.25) is 0 Å². The van der Waals surface area contributed by atoms with Gasteiger partial charge in [0.15, 0.2) is 10.5 Å². The topological polar surface area (TPSA) is 56.0 Å². The summed E-state index contributed by atoms with van der Waals surface area (Å²) in [5, 5.41) is 0. The second kappa shape index (κ2) is 3.94. The van der Waals surface area contributed by atoms with Gasteiger partial charge in [-0.2, -0.15) is 0 Å². The highest BCUT2D eigenvalue weighted by atomic mass is 79.9. The van der Waals surface area contributed by atoms with Crippen LogP contribution in [0.2, 0.25) is 0 Å². The van der Waals surface area contributed by atoms with Crippen molar-refractivity contribution in [1.82, 2.24) is 9.97 Å². The zero-order chi connectivity index (χ0) is 10.8. The van der Waals surface area contributed by atoms with E-state index in [-0.39, 0.29) is 5.78 Å². The van der Waals surface area contributed by atoms with E-state index >= 15 is 0 Å². The summed E-state index contributed by atoms with van der Waals surface area (Å²) in [4.78, 5) is 19.5. The zero-order valence-corrected chi connectivity index (χ0v) is 9.48. The molecule has 4 nitrogen and oxygen atoms in total. The van der Waals surface area contributed by atoms with Crippen molar-refractivity contribution in [2.75, 3.05) is 0 Å². The van der Waals surface area contributed by atoms with Crippen molar-refractivity contribution < 1.29 is 9.21 Å². The van der Waals surface area contributed by atoms with Crippen molar-refractivity contribution >= 4 is 21.7 Å². The Bertz CT molecular complexity index is 493. The van der Waals surface area contributed by atoms with E-state index in [1.165, 1.54) is 18.7 Å². The molecule has 0 bridgehead atoms. The first-order valence-corrected chi connectivity index (χ1v) is 5.03. The van der Waals surface area contributed by atoms with E-state index in [2.05, 4.69) is 25.9 Å². The molecular weight excluding hydrogens is 260 g/mol. The van der Waals surface area contributed by atoms with Gasteiger partial charge in [0.05, 0.1) is 11.1 Å². The third-order valence-electron chi connectivity index (χ3n) is 1.96. The summed E-state index contributed by atoms with van der Waals surface area (Å²) in [5.74, 6) is 0.443. The van der Waals surface area contributed by atoms with Gasteiger partial charge < -0.3 is 4.42 Å². The summed E-state index contributed by atoms with van der Waals surface area (Å²) in [5.41, 5.74) is 0.977. The summed E-state index contributed by atoms with van der Waals surface area (Å²) >= 11 is 3.17. The molecule has 5 heteroatoms. The fraction of sp³-hybridized carbons (Fsp3) is 0.100. The van der Waals surface area contributed by atoms with Crippen LogP contribution in [0.4, 0.5) is 0 Å². The first-order chi connectivity index (χ1) is 7.18. The van der Waals surface area contributed by atoms with Gasteiger partial charge >= 0.3 is 0 Å². The van der Waals surface area contributed by atoms with E-state index in [1.54, 1.807) is 13.0 Å². The van der Waals surface area contributed by atoms with Gasteiger partial charge in [0, 0.05) is 18.5 Å². The molecule has 2 heterocycles. The fourth-order valence-corrected chi connectivity index (χ4v) is 1.71. The van der Waals surface area contributed by atoms with E-state index in [9.17, 15) is 4.79 Å². The van der Waals surface area contributed by atoms with Gasteiger partial charge in [-0.05, 0) is 22.9 Å². The van der Waals surface area contributed by atoms with Crippen LogP contribution in [-0.4, -0.2) is 15.8 Å². The maximum atomic E-state index is 11.9. The van der Waals surface area contributed by atoms with Crippen molar-refractivity contribution in [2.24, 2.45) is 0 Å². The lowest BCUT2D eigenvalue weighted by molar-refractivity contribution is 0.103. The minimum Gasteiger partial charge on any atom is -0.454 e. The number of hydrogen-bond donors (Lipinski definition) is 0. The van der Waals surface area contributed by atoms with E-state index in [1.807, 2.05) is 0 Å². The number of ketones is 1. The van der Waals surface area contributed by atoms with Crippen LogP contribution in [0.1, 0.15) is 21.7 Å². The molecule has 0 aromatic carbocycles. The minimum atomic E-state index is -0.137. The summed E-state index contributed by atoms with van der Waals surface area (Å²) in [6, 6.07) is 1.64. The van der Waals surface area contributed by atoms with Crippen LogP contribution in [0.3, 0.4) is 0 Å². The van der Waals surface area contributed by atoms with Crippen molar-refractivity contribution in [2.45, 2.75) is 6.92 Å². The van der Waals surface area contributed by atoms with Crippen molar-refractivity contribution in [3.05, 3.63) is 46.3 Å². The third-order valence-corrected chi connectivity index (χ3v) is 2.35. The number of aryl methyl sites for hydroxylation is 1. The Balaban J connectivity index is 2.41. The lowest BCUT2D eigenvalue weighted by Gasteiger charge is -1.96. The summed E-state index contributed by atoms with van der Waals surface area (Å²) < 4.78 is 5.75. The highest BCUT2D eigenvalue weighted by Crippen LogP contribution is 2.21. The Kier molecular flexibility index (Phi) is 2.64. The Hall–Kier alpha value is -1.49.